The van der Waals surface area contributed by atoms with Crippen LogP contribution in [0.2, 0.25) is 0 Å². The molecule has 1 heterocycles. The number of imidazole rings is 1. The first kappa shape index (κ1) is 40.1. The smallest absolute Gasteiger partial charge is 0.247 e. The van der Waals surface area contributed by atoms with Gasteiger partial charge in [-0.2, -0.15) is 0 Å². The van der Waals surface area contributed by atoms with Crippen LogP contribution in [0, 0.1) is 0 Å². The molecule has 0 bridgehead atoms. The Kier molecular flexibility index (Phi) is 21.4. The summed E-state index contributed by atoms with van der Waals surface area (Å²) in [5.74, 6) is 1.87. The quantitative estimate of drug-likeness (QED) is 0.0545. The summed E-state index contributed by atoms with van der Waals surface area (Å²) in [6.45, 7) is 8.29. The van der Waals surface area contributed by atoms with Crippen molar-refractivity contribution in [3.8, 4) is 0 Å². The van der Waals surface area contributed by atoms with Crippen LogP contribution in [0.25, 0.3) is 0 Å². The summed E-state index contributed by atoms with van der Waals surface area (Å²) in [6.07, 6.45) is 39.0. The van der Waals surface area contributed by atoms with E-state index in [1.54, 1.807) is 0 Å². The van der Waals surface area contributed by atoms with Gasteiger partial charge in [-0.1, -0.05) is 216 Å². The van der Waals surface area contributed by atoms with Crippen LogP contribution in [0.1, 0.15) is 198 Å². The summed E-state index contributed by atoms with van der Waals surface area (Å²) in [5, 5.41) is 0. The van der Waals surface area contributed by atoms with Crippen LogP contribution in [0.15, 0.2) is 73.1 Å². The molecule has 2 unspecified atom stereocenters. The van der Waals surface area contributed by atoms with Gasteiger partial charge in [0.25, 0.3) is 5.82 Å². The van der Waals surface area contributed by atoms with Crippen LogP contribution >= 0.6 is 0 Å². The number of benzene rings is 2. The van der Waals surface area contributed by atoms with E-state index in [0.29, 0.717) is 5.92 Å². The molecule has 3 aromatic rings. The number of hydrogen-bond donors (Lipinski definition) is 1. The molecule has 2 heteroatoms. The number of hydrogen-bond acceptors (Lipinski definition) is 0. The topological polar surface area (TPSA) is 19.7 Å². The zero-order valence-electron chi connectivity index (χ0n) is 31.8. The van der Waals surface area contributed by atoms with E-state index < -0.39 is 0 Å². The Labute approximate surface area is 297 Å². The second-order valence-electron chi connectivity index (χ2n) is 15.3. The van der Waals surface area contributed by atoms with Crippen LogP contribution in [0.3, 0.4) is 0 Å². The van der Waals surface area contributed by atoms with E-state index in [1.165, 1.54) is 171 Å². The highest BCUT2D eigenvalue weighted by Crippen LogP contribution is 2.43. The van der Waals surface area contributed by atoms with Gasteiger partial charge < -0.3 is 0 Å². The normalized spacial score (nSPS) is 13.5. The van der Waals surface area contributed by atoms with E-state index >= 15 is 0 Å². The molecule has 0 aliphatic heterocycles. The lowest BCUT2D eigenvalue weighted by molar-refractivity contribution is -0.705. The van der Waals surface area contributed by atoms with Crippen LogP contribution in [-0.2, 0) is 18.4 Å². The molecular weight excluding hydrogens is 581 g/mol. The van der Waals surface area contributed by atoms with Crippen molar-refractivity contribution in [1.82, 2.24) is 4.98 Å². The molecule has 0 spiro atoms. The van der Waals surface area contributed by atoms with Gasteiger partial charge in [-0.3, -0.25) is 0 Å². The fourth-order valence-electron chi connectivity index (χ4n) is 8.03. The number of aromatic nitrogens is 2. The molecular formula is C46H75N2+. The van der Waals surface area contributed by atoms with E-state index in [2.05, 4.69) is 103 Å². The monoisotopic (exact) mass is 656 g/mol. The number of nitrogens with zero attached hydrogens (tertiary/aromatic N) is 1. The molecule has 268 valence electrons. The third-order valence-electron chi connectivity index (χ3n) is 11.1. The Morgan fingerprint density at radius 2 is 0.979 bits per heavy atom. The summed E-state index contributed by atoms with van der Waals surface area (Å²) in [4.78, 5) is 3.80. The van der Waals surface area contributed by atoms with Crippen LogP contribution in [-0.4, -0.2) is 4.98 Å². The minimum Gasteiger partial charge on any atom is -0.247 e. The Balaban J connectivity index is 1.48. The molecule has 0 amide bonds. The largest absolute Gasteiger partial charge is 0.258 e. The third-order valence-corrected chi connectivity index (χ3v) is 11.1. The highest BCUT2D eigenvalue weighted by Gasteiger charge is 2.41. The number of aryl methyl sites for hydroxylation is 1. The molecule has 2 aromatic carbocycles. The van der Waals surface area contributed by atoms with Gasteiger partial charge >= 0.3 is 0 Å². The number of H-pyrrole nitrogens is 1. The molecule has 0 radical (unpaired) electrons. The Morgan fingerprint density at radius 3 is 1.48 bits per heavy atom. The highest BCUT2D eigenvalue weighted by molar-refractivity contribution is 5.32. The minimum atomic E-state index is 0.00683. The van der Waals surface area contributed by atoms with E-state index in [1.807, 2.05) is 0 Å². The number of unbranched alkanes of at least 4 members (excludes halogenated alkanes) is 21. The average molecular weight is 656 g/mol. The van der Waals surface area contributed by atoms with Crippen LogP contribution in [0.5, 0.6) is 0 Å². The second kappa shape index (κ2) is 25.6. The van der Waals surface area contributed by atoms with Crippen molar-refractivity contribution < 1.29 is 4.57 Å². The lowest BCUT2D eigenvalue weighted by Crippen LogP contribution is -2.43. The standard InChI is InChI=1S/C46H74N2/c1-4-6-8-10-12-13-14-15-16-17-18-19-20-21-22-24-32-39-48-40-38-47-45(48)44(37-31-23-11-9-7-5-2)46(3,43-35-29-26-30-36-43)41-42-33-27-25-28-34-42/h25-30,33-36,38,40,44H,4-24,31-32,37,39,41H2,1-3H3/p+1. The second-order valence-corrected chi connectivity index (χ2v) is 15.3. The average Bonchev–Trinajstić information content (AvgIpc) is 3.58. The van der Waals surface area contributed by atoms with Crippen molar-refractivity contribution in [3.05, 3.63) is 90.0 Å². The Hall–Kier alpha value is -2.35. The van der Waals surface area contributed by atoms with Crippen LogP contribution < -0.4 is 4.57 Å². The first-order chi connectivity index (χ1) is 23.7. The van der Waals surface area contributed by atoms with Crippen molar-refractivity contribution in [1.29, 1.82) is 0 Å². The Morgan fingerprint density at radius 1 is 0.542 bits per heavy atom. The van der Waals surface area contributed by atoms with Gasteiger partial charge in [-0.25, -0.2) is 9.55 Å². The molecule has 0 saturated heterocycles. The van der Waals surface area contributed by atoms with Crippen molar-refractivity contribution in [2.75, 3.05) is 0 Å². The van der Waals surface area contributed by atoms with E-state index in [9.17, 15) is 0 Å². The summed E-state index contributed by atoms with van der Waals surface area (Å²) in [6, 6.07) is 22.6. The molecule has 0 saturated carbocycles. The van der Waals surface area contributed by atoms with Gasteiger partial charge in [0.1, 0.15) is 12.4 Å². The zero-order valence-corrected chi connectivity index (χ0v) is 31.8. The molecule has 0 aliphatic rings. The maximum atomic E-state index is 3.80. The predicted octanol–water partition coefficient (Wildman–Crippen LogP) is 14.0. The number of nitrogens with one attached hydrogen (secondary N) is 1. The predicted molar refractivity (Wildman–Crippen MR) is 210 cm³/mol. The minimum absolute atomic E-state index is 0.00683. The van der Waals surface area contributed by atoms with Gasteiger partial charge in [0.15, 0.2) is 0 Å². The Bertz CT molecular complexity index is 1140. The maximum absolute atomic E-state index is 3.80. The summed E-state index contributed by atoms with van der Waals surface area (Å²) < 4.78 is 2.58. The van der Waals surface area contributed by atoms with E-state index in [-0.39, 0.29) is 5.41 Å². The molecule has 0 aliphatic carbocycles. The molecule has 1 N–H and O–H groups in total. The van der Waals surface area contributed by atoms with E-state index in [0.717, 1.165) is 13.0 Å². The van der Waals surface area contributed by atoms with Gasteiger partial charge in [-0.05, 0) is 36.8 Å². The van der Waals surface area contributed by atoms with Gasteiger partial charge in [0, 0.05) is 5.41 Å². The third kappa shape index (κ3) is 15.5. The van der Waals surface area contributed by atoms with Crippen molar-refractivity contribution in [2.24, 2.45) is 0 Å². The number of aromatic amines is 1. The lowest BCUT2D eigenvalue weighted by atomic mass is 9.66. The van der Waals surface area contributed by atoms with Crippen molar-refractivity contribution >= 4 is 0 Å². The fourth-order valence-corrected chi connectivity index (χ4v) is 8.03. The number of rotatable bonds is 30. The summed E-state index contributed by atoms with van der Waals surface area (Å²) >= 11 is 0. The van der Waals surface area contributed by atoms with Gasteiger partial charge in [0.05, 0.1) is 12.5 Å². The molecule has 2 atom stereocenters. The van der Waals surface area contributed by atoms with Gasteiger partial charge in [0.2, 0.25) is 0 Å². The summed E-state index contributed by atoms with van der Waals surface area (Å²) in [7, 11) is 0. The van der Waals surface area contributed by atoms with E-state index in [4.69, 9.17) is 0 Å². The highest BCUT2D eigenvalue weighted by atomic mass is 15.1. The van der Waals surface area contributed by atoms with Gasteiger partial charge in [-0.15, -0.1) is 0 Å². The lowest BCUT2D eigenvalue weighted by Gasteiger charge is -2.37. The molecule has 3 rings (SSSR count). The van der Waals surface area contributed by atoms with Crippen LogP contribution in [0.4, 0.5) is 0 Å². The SMILES string of the molecule is CCCCCCCCCCCCCCCCCCC[n+]1cc[nH]c1C(CCCCCCCC)C(C)(Cc1ccccc1)c1ccccc1. The van der Waals surface area contributed by atoms with Crippen molar-refractivity contribution in [2.45, 2.75) is 199 Å². The molecule has 48 heavy (non-hydrogen) atoms. The fraction of sp³-hybridized carbons (Fsp3) is 0.674. The first-order valence-corrected chi connectivity index (χ1v) is 20.8. The molecule has 0 fully saturated rings. The first-order valence-electron chi connectivity index (χ1n) is 20.8. The zero-order chi connectivity index (χ0) is 34.0. The summed E-state index contributed by atoms with van der Waals surface area (Å²) in [5.41, 5.74) is 2.90. The van der Waals surface area contributed by atoms with Crippen molar-refractivity contribution in [3.63, 3.8) is 0 Å². The molecule has 2 nitrogen and oxygen atoms in total. The molecule has 1 aromatic heterocycles. The maximum Gasteiger partial charge on any atom is 0.258 e.